The second-order valence-electron chi connectivity index (χ2n) is 9.08. The summed E-state index contributed by atoms with van der Waals surface area (Å²) in [4.78, 5) is 37.4. The van der Waals surface area contributed by atoms with Gasteiger partial charge in [0.15, 0.2) is 0 Å². The van der Waals surface area contributed by atoms with Crippen molar-refractivity contribution in [3.05, 3.63) is 70.7 Å². The zero-order valence-electron chi connectivity index (χ0n) is 21.9. The van der Waals surface area contributed by atoms with E-state index >= 15 is 0 Å². The Labute approximate surface area is 238 Å². The number of nitrogens with zero attached hydrogens (tertiary/aromatic N) is 4. The van der Waals surface area contributed by atoms with Crippen LogP contribution in [0.15, 0.2) is 60.1 Å². The van der Waals surface area contributed by atoms with Crippen LogP contribution in [0.2, 0.25) is 5.02 Å². The first-order valence-corrected chi connectivity index (χ1v) is 15.8. The number of piperazine rings is 1. The van der Waals surface area contributed by atoms with Crippen molar-refractivity contribution >= 4 is 40.9 Å². The summed E-state index contributed by atoms with van der Waals surface area (Å²) >= 11 is 5.98. The molecule has 2 aromatic carbocycles. The zero-order valence-corrected chi connectivity index (χ0v) is 24.8. The van der Waals surface area contributed by atoms with Crippen LogP contribution in [0.25, 0.3) is 5.82 Å². The predicted molar refractivity (Wildman–Crippen MR) is 144 cm³/mol. The topological polar surface area (TPSA) is 74.7 Å². The molecule has 1 fully saturated rings. The minimum atomic E-state index is -1.09. The summed E-state index contributed by atoms with van der Waals surface area (Å²) < 4.78 is 11.9. The number of ether oxygens (including phenoxy) is 2. The molecule has 8 nitrogen and oxygen atoms in total. The van der Waals surface area contributed by atoms with Crippen LogP contribution in [-0.4, -0.2) is 69.7 Å². The molecule has 0 aliphatic carbocycles. The molecule has 204 valence electrons. The third-order valence-electron chi connectivity index (χ3n) is 6.21. The van der Waals surface area contributed by atoms with E-state index in [1.165, 1.54) is 4.90 Å². The Morgan fingerprint density at radius 2 is 1.89 bits per heavy atom. The Morgan fingerprint density at radius 3 is 2.61 bits per heavy atom. The Balaban J connectivity index is 1.72. The molecule has 2 atom stereocenters. The fourth-order valence-electron chi connectivity index (χ4n) is 4.31. The van der Waals surface area contributed by atoms with E-state index < -0.39 is 39.6 Å². The van der Waals surface area contributed by atoms with E-state index in [9.17, 15) is 9.59 Å². The second kappa shape index (κ2) is 12.9. The Hall–Kier alpha value is -2.63. The molecule has 0 saturated carbocycles. The van der Waals surface area contributed by atoms with Crippen molar-refractivity contribution in [2.75, 3.05) is 42.6 Å². The van der Waals surface area contributed by atoms with E-state index in [0.717, 1.165) is 34.5 Å². The van der Waals surface area contributed by atoms with Crippen LogP contribution in [-0.2, 0) is 14.3 Å². The first-order chi connectivity index (χ1) is 18.3. The summed E-state index contributed by atoms with van der Waals surface area (Å²) in [5.74, 6) is 0.254. The monoisotopic (exact) mass is 651 g/mol. The van der Waals surface area contributed by atoms with E-state index in [1.54, 1.807) is 31.2 Å². The van der Waals surface area contributed by atoms with Crippen molar-refractivity contribution in [2.24, 2.45) is 4.99 Å². The van der Waals surface area contributed by atoms with Gasteiger partial charge < -0.3 is 0 Å². The summed E-state index contributed by atoms with van der Waals surface area (Å²) in [7, 11) is 2.08. The van der Waals surface area contributed by atoms with Gasteiger partial charge in [-0.05, 0) is 7.05 Å². The molecule has 0 radical (unpaired) electrons. The van der Waals surface area contributed by atoms with E-state index in [1.807, 2.05) is 24.3 Å². The van der Waals surface area contributed by atoms with Crippen LogP contribution >= 0.6 is 11.6 Å². The first-order valence-electron chi connectivity index (χ1n) is 12.6. The van der Waals surface area contributed by atoms with Gasteiger partial charge in [0.05, 0.1) is 0 Å². The Bertz CT molecular complexity index is 1310. The van der Waals surface area contributed by atoms with Crippen LogP contribution in [0.5, 0.6) is 0 Å². The van der Waals surface area contributed by atoms with Gasteiger partial charge in [0, 0.05) is 0 Å². The maximum atomic E-state index is 13.9. The van der Waals surface area contributed by atoms with E-state index in [4.69, 9.17) is 26.1 Å². The number of benzene rings is 2. The number of hydrogen-bond donors (Lipinski definition) is 0. The normalized spacial score (nSPS) is 17.0. The number of likely N-dealkylation sites (N-methyl/N-ethyl adjacent to an activating group) is 1. The van der Waals surface area contributed by atoms with Gasteiger partial charge in [-0.1, -0.05) is 0 Å². The molecule has 0 N–H and O–H groups in total. The average molecular weight is 652 g/mol. The fraction of sp³-hybridized carbons (Fsp3) is 0.393. The van der Waals surface area contributed by atoms with Crippen molar-refractivity contribution in [1.29, 1.82) is 0 Å². The van der Waals surface area contributed by atoms with E-state index in [-0.39, 0.29) is 3.92 Å². The van der Waals surface area contributed by atoms with Crippen molar-refractivity contribution in [2.45, 2.75) is 30.5 Å². The number of esters is 1. The van der Waals surface area contributed by atoms with Gasteiger partial charge in [-0.15, -0.1) is 0 Å². The summed E-state index contributed by atoms with van der Waals surface area (Å²) in [6.45, 7) is 10.5. The maximum absolute atomic E-state index is 13.9. The third kappa shape index (κ3) is 6.50. The molecule has 0 bridgehead atoms. The molecule has 0 aromatic heterocycles. The van der Waals surface area contributed by atoms with E-state index in [2.05, 4.69) is 30.4 Å². The summed E-state index contributed by atoms with van der Waals surface area (Å²) in [6.07, 6.45) is 0.872. The van der Waals surface area contributed by atoms with Crippen LogP contribution in [0.1, 0.15) is 20.3 Å². The quantitative estimate of drug-likeness (QED) is 0.136. The van der Waals surface area contributed by atoms with E-state index in [0.29, 0.717) is 35.3 Å². The standard InChI is InChI=1S/C28H33ClIN4O4/c1-5-13-30-22(6-2)27(35)37-19(3)38-28(36)34-25-18-20(29)11-12-24(25)31-23-10-8-7-9-21(23)26(34)33-16-14-32(4)15-17-33/h6-12,18-19,22H,2,5,13-17H2,1,3-4H3/q-1. The van der Waals surface area contributed by atoms with Crippen LogP contribution in [0, 0.1) is 0 Å². The minimum absolute atomic E-state index is 0.342. The molecule has 2 aliphatic rings. The molecule has 2 heterocycles. The molecule has 4 rings (SSSR count). The van der Waals surface area contributed by atoms with Crippen molar-refractivity contribution in [3.8, 4) is 0 Å². The van der Waals surface area contributed by atoms with Gasteiger partial charge >= 0.3 is 233 Å². The van der Waals surface area contributed by atoms with Crippen LogP contribution in [0.4, 0.5) is 16.2 Å². The van der Waals surface area contributed by atoms with Gasteiger partial charge in [0.1, 0.15) is 0 Å². The molecule has 2 aliphatic heterocycles. The predicted octanol–water partition coefficient (Wildman–Crippen LogP) is 0.504. The Morgan fingerprint density at radius 1 is 1.16 bits per heavy atom. The van der Waals surface area contributed by atoms with Gasteiger partial charge in [-0.3, -0.25) is 0 Å². The molecule has 2 aromatic rings. The van der Waals surface area contributed by atoms with Crippen molar-refractivity contribution in [1.82, 2.24) is 9.80 Å². The number of alkyl halides is 2. The van der Waals surface area contributed by atoms with Gasteiger partial charge in [-0.25, -0.2) is 0 Å². The first kappa shape index (κ1) is 28.4. The number of carbonyl (C=O) groups excluding carboxylic acids is 2. The number of carbonyl (C=O) groups is 2. The Kier molecular flexibility index (Phi) is 9.67. The molecule has 0 spiro atoms. The number of fused-ring (bicyclic) bond motifs is 2. The summed E-state index contributed by atoms with van der Waals surface area (Å²) in [5.41, 5.74) is 1.09. The number of anilines is 1. The summed E-state index contributed by atoms with van der Waals surface area (Å²) in [5, 5.41) is 2.02. The number of para-hydroxylation sites is 1. The van der Waals surface area contributed by atoms with Gasteiger partial charge in [0.2, 0.25) is 0 Å². The fourth-order valence-corrected chi connectivity index (χ4v) is 6.63. The molecular formula is C28H33ClIN4O4-. The SMILES string of the molecule is C=CC([I-]CCC)C(=O)OC(C)OC(=O)N1C(N2CCN(C)CC2)=c2ccccc2=Nc2ccc(Cl)cc21. The van der Waals surface area contributed by atoms with Crippen molar-refractivity contribution in [3.63, 3.8) is 0 Å². The molecule has 10 heteroatoms. The molecular weight excluding hydrogens is 619 g/mol. The number of halogens is 2. The molecule has 38 heavy (non-hydrogen) atoms. The third-order valence-corrected chi connectivity index (χ3v) is 10.1. The van der Waals surface area contributed by atoms with Crippen LogP contribution in [0.3, 0.4) is 0 Å². The number of rotatable bonds is 8. The second-order valence-corrected chi connectivity index (χ2v) is 12.8. The van der Waals surface area contributed by atoms with Crippen molar-refractivity contribution < 1.29 is 40.3 Å². The zero-order chi connectivity index (χ0) is 27.2. The van der Waals surface area contributed by atoms with Crippen LogP contribution < -0.4 is 36.7 Å². The summed E-state index contributed by atoms with van der Waals surface area (Å²) in [6, 6.07) is 13.0. The molecule has 2 unspecified atom stereocenters. The van der Waals surface area contributed by atoms with Gasteiger partial charge in [0.25, 0.3) is 0 Å². The average Bonchev–Trinajstić information content (AvgIpc) is 3.04. The number of hydrogen-bond acceptors (Lipinski definition) is 7. The van der Waals surface area contributed by atoms with Gasteiger partial charge in [-0.2, -0.15) is 0 Å². The molecule has 1 saturated heterocycles. The number of amides is 1. The molecule has 1 amide bonds.